The average Bonchev–Trinajstić information content (AvgIpc) is 2.90. The molecule has 114 valence electrons. The van der Waals surface area contributed by atoms with E-state index in [0.717, 1.165) is 48.6 Å². The van der Waals surface area contributed by atoms with Crippen LogP contribution in [0.2, 0.25) is 0 Å². The zero-order valence-electron chi connectivity index (χ0n) is 12.4. The number of nitrogens with one attached hydrogen (secondary N) is 1. The monoisotopic (exact) mass is 306 g/mol. The highest BCUT2D eigenvalue weighted by Gasteiger charge is 2.18. The summed E-state index contributed by atoms with van der Waals surface area (Å²) in [7, 11) is 0. The van der Waals surface area contributed by atoms with Crippen LogP contribution in [0.3, 0.4) is 0 Å². The molecule has 1 atom stereocenters. The first-order valence-corrected chi connectivity index (χ1v) is 8.41. The predicted molar refractivity (Wildman–Crippen MR) is 86.9 cm³/mol. The minimum Gasteiger partial charge on any atom is -0.396 e. The van der Waals surface area contributed by atoms with E-state index in [9.17, 15) is 5.11 Å². The molecule has 3 rings (SSSR count). The fraction of sp³-hybridized carbons (Fsp3) is 0.600. The van der Waals surface area contributed by atoms with Gasteiger partial charge in [0.05, 0.1) is 10.2 Å². The number of anilines is 1. The van der Waals surface area contributed by atoms with Crippen LogP contribution in [0.5, 0.6) is 0 Å². The van der Waals surface area contributed by atoms with E-state index in [1.54, 1.807) is 17.7 Å². The molecule has 0 bridgehead atoms. The third-order valence-electron chi connectivity index (χ3n) is 4.11. The molecule has 6 heteroatoms. The number of aryl methyl sites for hydroxylation is 1. The number of aliphatic hydroxyl groups excluding tert-OH is 1. The molecule has 2 aromatic heterocycles. The van der Waals surface area contributed by atoms with Crippen molar-refractivity contribution in [3.63, 3.8) is 0 Å². The second kappa shape index (κ2) is 6.68. The number of piperidine rings is 1. The summed E-state index contributed by atoms with van der Waals surface area (Å²) in [6.07, 6.45) is 3.97. The fourth-order valence-electron chi connectivity index (χ4n) is 2.93. The van der Waals surface area contributed by atoms with Gasteiger partial charge in [-0.15, -0.1) is 11.3 Å². The molecule has 0 aromatic carbocycles. The number of nitrogens with zero attached hydrogens (tertiary/aromatic N) is 3. The Labute approximate surface area is 129 Å². The predicted octanol–water partition coefficient (Wildman–Crippen LogP) is 2.12. The van der Waals surface area contributed by atoms with E-state index in [1.165, 1.54) is 12.0 Å². The van der Waals surface area contributed by atoms with Crippen LogP contribution in [0.15, 0.2) is 11.7 Å². The first-order chi connectivity index (χ1) is 10.3. The minimum atomic E-state index is 0.310. The number of hydrogen-bond donors (Lipinski definition) is 2. The summed E-state index contributed by atoms with van der Waals surface area (Å²) in [5.41, 5.74) is 2.26. The molecule has 0 saturated carbocycles. The van der Waals surface area contributed by atoms with Crippen molar-refractivity contribution in [3.8, 4) is 0 Å². The Bertz CT molecular complexity index is 600. The molecule has 1 fully saturated rings. The average molecular weight is 306 g/mol. The van der Waals surface area contributed by atoms with Crippen LogP contribution in [0.1, 0.15) is 18.4 Å². The van der Waals surface area contributed by atoms with Crippen molar-refractivity contribution < 1.29 is 5.11 Å². The summed E-state index contributed by atoms with van der Waals surface area (Å²) < 4.78 is 1.14. The summed E-state index contributed by atoms with van der Waals surface area (Å²) in [5.74, 6) is 1.39. The third kappa shape index (κ3) is 3.33. The van der Waals surface area contributed by atoms with Gasteiger partial charge in [-0.1, -0.05) is 0 Å². The molecule has 0 aliphatic carbocycles. The van der Waals surface area contributed by atoms with Crippen molar-refractivity contribution in [2.24, 2.45) is 5.92 Å². The molecule has 5 nitrogen and oxygen atoms in total. The van der Waals surface area contributed by atoms with Gasteiger partial charge in [-0.05, 0) is 43.2 Å². The first-order valence-electron chi connectivity index (χ1n) is 7.54. The topological polar surface area (TPSA) is 61.3 Å². The zero-order chi connectivity index (χ0) is 14.7. The van der Waals surface area contributed by atoms with E-state index in [-0.39, 0.29) is 0 Å². The number of likely N-dealkylation sites (tertiary alicyclic amines) is 1. The lowest BCUT2D eigenvalue weighted by molar-refractivity contribution is 0.123. The Balaban J connectivity index is 1.57. The second-order valence-electron chi connectivity index (χ2n) is 5.74. The largest absolute Gasteiger partial charge is 0.396 e. The summed E-state index contributed by atoms with van der Waals surface area (Å²) in [5, 5.41) is 14.8. The Morgan fingerprint density at radius 2 is 2.38 bits per heavy atom. The van der Waals surface area contributed by atoms with Gasteiger partial charge in [0.15, 0.2) is 0 Å². The van der Waals surface area contributed by atoms with Crippen LogP contribution >= 0.6 is 11.3 Å². The van der Waals surface area contributed by atoms with E-state index in [1.807, 2.05) is 0 Å². The van der Waals surface area contributed by atoms with Crippen molar-refractivity contribution in [2.45, 2.75) is 19.8 Å². The number of rotatable bonds is 5. The second-order valence-corrected chi connectivity index (χ2v) is 6.62. The molecule has 1 unspecified atom stereocenters. The zero-order valence-corrected chi connectivity index (χ0v) is 13.2. The number of thiophene rings is 1. The van der Waals surface area contributed by atoms with Crippen LogP contribution < -0.4 is 5.32 Å². The summed E-state index contributed by atoms with van der Waals surface area (Å²) in [6, 6.07) is 0. The van der Waals surface area contributed by atoms with Gasteiger partial charge in [-0.2, -0.15) is 0 Å². The lowest BCUT2D eigenvalue weighted by Crippen LogP contribution is -2.39. The Kier molecular flexibility index (Phi) is 4.67. The van der Waals surface area contributed by atoms with E-state index >= 15 is 0 Å². The lowest BCUT2D eigenvalue weighted by atomic mass is 9.99. The Morgan fingerprint density at radius 1 is 1.48 bits per heavy atom. The quantitative estimate of drug-likeness (QED) is 0.886. The number of aliphatic hydroxyl groups is 1. The van der Waals surface area contributed by atoms with Crippen molar-refractivity contribution in [1.82, 2.24) is 14.9 Å². The normalized spacial score (nSPS) is 20.0. The van der Waals surface area contributed by atoms with E-state index in [0.29, 0.717) is 12.5 Å². The molecule has 1 saturated heterocycles. The molecule has 2 N–H and O–H groups in total. The maximum absolute atomic E-state index is 9.28. The number of hydrogen-bond acceptors (Lipinski definition) is 6. The lowest BCUT2D eigenvalue weighted by Gasteiger charge is -2.31. The standard InChI is InChI=1S/C15H22N4OS/c1-11-9-21-14-13(11)17-10-18-15(14)16-4-6-19-5-2-3-12(7-19)8-20/h9-10,12,20H,2-8H2,1H3,(H,16,17,18). The maximum Gasteiger partial charge on any atom is 0.147 e. The van der Waals surface area contributed by atoms with Crippen LogP contribution in [0.25, 0.3) is 10.2 Å². The van der Waals surface area contributed by atoms with Gasteiger partial charge in [0.2, 0.25) is 0 Å². The molecule has 2 aromatic rings. The molecule has 3 heterocycles. The van der Waals surface area contributed by atoms with Gasteiger partial charge in [0.1, 0.15) is 12.1 Å². The summed E-state index contributed by atoms with van der Waals surface area (Å²) >= 11 is 1.70. The molecule has 0 amide bonds. The van der Waals surface area contributed by atoms with Crippen LogP contribution in [-0.2, 0) is 0 Å². The molecule has 1 aliphatic rings. The molecular formula is C15H22N4OS. The van der Waals surface area contributed by atoms with E-state index < -0.39 is 0 Å². The van der Waals surface area contributed by atoms with E-state index in [4.69, 9.17) is 0 Å². The van der Waals surface area contributed by atoms with Gasteiger partial charge >= 0.3 is 0 Å². The van der Waals surface area contributed by atoms with Crippen molar-refractivity contribution in [3.05, 3.63) is 17.3 Å². The van der Waals surface area contributed by atoms with Crippen molar-refractivity contribution in [1.29, 1.82) is 0 Å². The molecule has 0 radical (unpaired) electrons. The van der Waals surface area contributed by atoms with E-state index in [2.05, 4.69) is 32.5 Å². The Morgan fingerprint density at radius 3 is 3.24 bits per heavy atom. The van der Waals surface area contributed by atoms with Crippen molar-refractivity contribution >= 4 is 27.4 Å². The highest BCUT2D eigenvalue weighted by atomic mass is 32.1. The van der Waals surface area contributed by atoms with Crippen molar-refractivity contribution in [2.75, 3.05) is 38.1 Å². The van der Waals surface area contributed by atoms with Crippen LogP contribution in [0, 0.1) is 12.8 Å². The van der Waals surface area contributed by atoms with Crippen LogP contribution in [0.4, 0.5) is 5.82 Å². The van der Waals surface area contributed by atoms with Gasteiger partial charge in [-0.25, -0.2) is 9.97 Å². The molecule has 21 heavy (non-hydrogen) atoms. The van der Waals surface area contributed by atoms with Gasteiger partial charge in [-0.3, -0.25) is 0 Å². The first kappa shape index (κ1) is 14.7. The smallest absolute Gasteiger partial charge is 0.147 e. The number of fused-ring (bicyclic) bond motifs is 1. The number of aromatic nitrogens is 2. The summed E-state index contributed by atoms with van der Waals surface area (Å²) in [6.45, 7) is 6.40. The maximum atomic E-state index is 9.28. The SMILES string of the molecule is Cc1csc2c(NCCN3CCCC(CO)C3)ncnc12. The highest BCUT2D eigenvalue weighted by molar-refractivity contribution is 7.18. The Hall–Kier alpha value is -1.24. The van der Waals surface area contributed by atoms with Crippen LogP contribution in [-0.4, -0.2) is 52.8 Å². The highest BCUT2D eigenvalue weighted by Crippen LogP contribution is 2.28. The van der Waals surface area contributed by atoms with Gasteiger partial charge in [0.25, 0.3) is 0 Å². The molecular weight excluding hydrogens is 284 g/mol. The molecule has 1 aliphatic heterocycles. The molecule has 0 spiro atoms. The summed E-state index contributed by atoms with van der Waals surface area (Å²) in [4.78, 5) is 11.1. The fourth-order valence-corrected chi connectivity index (χ4v) is 3.90. The van der Waals surface area contributed by atoms with Gasteiger partial charge in [0, 0.05) is 26.2 Å². The van der Waals surface area contributed by atoms with Gasteiger partial charge < -0.3 is 15.3 Å². The third-order valence-corrected chi connectivity index (χ3v) is 5.21. The minimum absolute atomic E-state index is 0.310.